The fourth-order valence-electron chi connectivity index (χ4n) is 3.43. The van der Waals surface area contributed by atoms with Crippen molar-refractivity contribution in [2.45, 2.75) is 51.5 Å². The van der Waals surface area contributed by atoms with E-state index in [0.29, 0.717) is 17.1 Å². The molecule has 0 saturated heterocycles. The number of aryl methyl sites for hydroxylation is 1. The Morgan fingerprint density at radius 1 is 0.968 bits per heavy atom. The van der Waals surface area contributed by atoms with Gasteiger partial charge in [-0.15, -0.1) is 0 Å². The highest BCUT2D eigenvalue weighted by atomic mass is 16.2. The first-order valence-electron chi connectivity index (χ1n) is 10.7. The molecule has 0 bridgehead atoms. The zero-order valence-corrected chi connectivity index (χ0v) is 17.7. The number of anilines is 2. The molecule has 8 heteroatoms. The lowest BCUT2D eigenvalue weighted by Crippen LogP contribution is -2.36. The summed E-state index contributed by atoms with van der Waals surface area (Å²) in [5.41, 5.74) is 2.15. The number of aromatic nitrogens is 1. The van der Waals surface area contributed by atoms with E-state index in [-0.39, 0.29) is 30.8 Å². The number of pyridine rings is 1. The van der Waals surface area contributed by atoms with Crippen molar-refractivity contribution in [2.75, 3.05) is 17.2 Å². The van der Waals surface area contributed by atoms with Gasteiger partial charge in [0, 0.05) is 36.5 Å². The van der Waals surface area contributed by atoms with E-state index in [4.69, 9.17) is 0 Å². The van der Waals surface area contributed by atoms with Crippen LogP contribution in [-0.4, -0.2) is 35.4 Å². The third-order valence-electron chi connectivity index (χ3n) is 5.16. The van der Waals surface area contributed by atoms with E-state index in [1.165, 1.54) is 6.42 Å². The van der Waals surface area contributed by atoms with Gasteiger partial charge >= 0.3 is 6.03 Å². The highest BCUT2D eigenvalue weighted by Crippen LogP contribution is 2.18. The first-order valence-corrected chi connectivity index (χ1v) is 10.7. The van der Waals surface area contributed by atoms with Gasteiger partial charge in [0.1, 0.15) is 5.82 Å². The highest BCUT2D eigenvalue weighted by molar-refractivity contribution is 5.96. The molecule has 1 heterocycles. The zero-order chi connectivity index (χ0) is 22.1. The fourth-order valence-corrected chi connectivity index (χ4v) is 3.43. The van der Waals surface area contributed by atoms with Crippen molar-refractivity contribution in [1.82, 2.24) is 15.6 Å². The highest BCUT2D eigenvalue weighted by Gasteiger charge is 2.16. The number of nitrogens with one attached hydrogen (secondary N) is 4. The van der Waals surface area contributed by atoms with Crippen LogP contribution in [-0.2, 0) is 4.79 Å². The fraction of sp³-hybridized carbons (Fsp3) is 0.391. The number of carbonyl (C=O) groups is 3. The molecule has 8 nitrogen and oxygen atoms in total. The van der Waals surface area contributed by atoms with Gasteiger partial charge in [-0.1, -0.05) is 25.3 Å². The summed E-state index contributed by atoms with van der Waals surface area (Å²) in [6.07, 6.45) is 7.43. The van der Waals surface area contributed by atoms with Gasteiger partial charge in [-0.25, -0.2) is 9.78 Å². The Labute approximate surface area is 182 Å². The minimum atomic E-state index is -0.416. The minimum Gasteiger partial charge on any atom is -0.349 e. The molecule has 0 aliphatic heterocycles. The van der Waals surface area contributed by atoms with Crippen LogP contribution in [0.25, 0.3) is 0 Å². The maximum absolute atomic E-state index is 12.3. The lowest BCUT2D eigenvalue weighted by molar-refractivity contribution is -0.116. The molecule has 1 aromatic carbocycles. The number of hydrogen-bond donors (Lipinski definition) is 4. The summed E-state index contributed by atoms with van der Waals surface area (Å²) in [5.74, 6) is 0.162. The maximum Gasteiger partial charge on any atom is 0.319 e. The van der Waals surface area contributed by atoms with Gasteiger partial charge in [-0.2, -0.15) is 0 Å². The van der Waals surface area contributed by atoms with Gasteiger partial charge < -0.3 is 21.3 Å². The number of nitrogens with zero attached hydrogens (tertiary/aromatic N) is 1. The molecule has 31 heavy (non-hydrogen) atoms. The molecule has 164 valence electrons. The summed E-state index contributed by atoms with van der Waals surface area (Å²) in [5, 5.41) is 11.1. The molecule has 1 aromatic heterocycles. The van der Waals surface area contributed by atoms with Crippen LogP contribution in [0.5, 0.6) is 0 Å². The van der Waals surface area contributed by atoms with Crippen LogP contribution < -0.4 is 21.3 Å². The van der Waals surface area contributed by atoms with Crippen molar-refractivity contribution < 1.29 is 14.4 Å². The standard InChI is InChI=1S/C23H29N5O3/c1-16-7-12-20(25-15-16)28-21(29)13-14-24-23(31)27-19-10-8-17(9-11-19)22(30)26-18-5-3-2-4-6-18/h7-12,15,18H,2-6,13-14H2,1H3,(H,26,30)(H2,24,27,31)(H,25,28,29). The largest absolute Gasteiger partial charge is 0.349 e. The number of hydrogen-bond acceptors (Lipinski definition) is 4. The normalized spacial score (nSPS) is 13.8. The summed E-state index contributed by atoms with van der Waals surface area (Å²) in [4.78, 5) is 40.4. The average molecular weight is 424 g/mol. The Hall–Kier alpha value is -3.42. The monoisotopic (exact) mass is 423 g/mol. The Morgan fingerprint density at radius 3 is 2.39 bits per heavy atom. The average Bonchev–Trinajstić information content (AvgIpc) is 2.76. The predicted octanol–water partition coefficient (Wildman–Crippen LogP) is 3.60. The van der Waals surface area contributed by atoms with Crippen LogP contribution >= 0.6 is 0 Å². The van der Waals surface area contributed by atoms with Crippen LogP contribution in [0.2, 0.25) is 0 Å². The second kappa shape index (κ2) is 11.1. The van der Waals surface area contributed by atoms with E-state index in [0.717, 1.165) is 31.2 Å². The van der Waals surface area contributed by atoms with Crippen LogP contribution in [0.1, 0.15) is 54.4 Å². The number of amides is 4. The van der Waals surface area contributed by atoms with Crippen LogP contribution in [0.4, 0.5) is 16.3 Å². The second-order valence-electron chi connectivity index (χ2n) is 7.79. The zero-order valence-electron chi connectivity index (χ0n) is 17.7. The SMILES string of the molecule is Cc1ccc(NC(=O)CCNC(=O)Nc2ccc(C(=O)NC3CCCCC3)cc2)nc1. The molecule has 4 amide bonds. The Bertz CT molecular complexity index is 890. The van der Waals surface area contributed by atoms with E-state index in [1.54, 1.807) is 36.5 Å². The van der Waals surface area contributed by atoms with Crippen LogP contribution in [0.3, 0.4) is 0 Å². The molecule has 4 N–H and O–H groups in total. The third-order valence-corrected chi connectivity index (χ3v) is 5.16. The smallest absolute Gasteiger partial charge is 0.319 e. The second-order valence-corrected chi connectivity index (χ2v) is 7.79. The summed E-state index contributed by atoms with van der Waals surface area (Å²) < 4.78 is 0. The van der Waals surface area contributed by atoms with Crippen molar-refractivity contribution in [2.24, 2.45) is 0 Å². The van der Waals surface area contributed by atoms with Crippen molar-refractivity contribution in [3.05, 3.63) is 53.7 Å². The van der Waals surface area contributed by atoms with E-state index in [9.17, 15) is 14.4 Å². The topological polar surface area (TPSA) is 112 Å². The van der Waals surface area contributed by atoms with Gasteiger partial charge in [0.2, 0.25) is 5.91 Å². The number of urea groups is 1. The number of rotatable bonds is 7. The molecule has 0 unspecified atom stereocenters. The summed E-state index contributed by atoms with van der Waals surface area (Å²) in [6.45, 7) is 2.10. The quantitative estimate of drug-likeness (QED) is 0.545. The molecule has 0 spiro atoms. The third kappa shape index (κ3) is 7.40. The molecule has 0 atom stereocenters. The van der Waals surface area contributed by atoms with Crippen molar-refractivity contribution in [1.29, 1.82) is 0 Å². The first kappa shape index (κ1) is 22.3. The predicted molar refractivity (Wildman–Crippen MR) is 120 cm³/mol. The Kier molecular flexibility index (Phi) is 7.98. The molecule has 2 aromatic rings. The van der Waals surface area contributed by atoms with Gasteiger partial charge in [0.25, 0.3) is 5.91 Å². The molecule has 3 rings (SSSR count). The molecule has 1 aliphatic rings. The number of benzene rings is 1. The van der Waals surface area contributed by atoms with E-state index >= 15 is 0 Å². The van der Waals surface area contributed by atoms with Crippen LogP contribution in [0, 0.1) is 6.92 Å². The van der Waals surface area contributed by atoms with Crippen molar-refractivity contribution in [3.8, 4) is 0 Å². The Morgan fingerprint density at radius 2 is 1.71 bits per heavy atom. The van der Waals surface area contributed by atoms with Crippen molar-refractivity contribution in [3.63, 3.8) is 0 Å². The van der Waals surface area contributed by atoms with E-state index < -0.39 is 6.03 Å². The first-order chi connectivity index (χ1) is 15.0. The molecule has 0 radical (unpaired) electrons. The minimum absolute atomic E-state index is 0.0861. The maximum atomic E-state index is 12.3. The van der Waals surface area contributed by atoms with E-state index in [2.05, 4.69) is 26.3 Å². The van der Waals surface area contributed by atoms with Gasteiger partial charge in [-0.05, 0) is 55.7 Å². The summed E-state index contributed by atoms with van der Waals surface area (Å²) in [6, 6.07) is 10.2. The summed E-state index contributed by atoms with van der Waals surface area (Å²) in [7, 11) is 0. The lowest BCUT2D eigenvalue weighted by Gasteiger charge is -2.22. The van der Waals surface area contributed by atoms with Crippen molar-refractivity contribution >= 4 is 29.4 Å². The molecule has 1 fully saturated rings. The molecule has 1 saturated carbocycles. The van der Waals surface area contributed by atoms with Gasteiger partial charge in [-0.3, -0.25) is 9.59 Å². The van der Waals surface area contributed by atoms with Gasteiger partial charge in [0.15, 0.2) is 0 Å². The molecule has 1 aliphatic carbocycles. The van der Waals surface area contributed by atoms with Gasteiger partial charge in [0.05, 0.1) is 0 Å². The van der Waals surface area contributed by atoms with Crippen LogP contribution in [0.15, 0.2) is 42.6 Å². The Balaban J connectivity index is 1.37. The summed E-state index contributed by atoms with van der Waals surface area (Å²) >= 11 is 0. The molecular weight excluding hydrogens is 394 g/mol. The van der Waals surface area contributed by atoms with E-state index in [1.807, 2.05) is 13.0 Å². The lowest BCUT2D eigenvalue weighted by atomic mass is 9.95. The number of carbonyl (C=O) groups excluding carboxylic acids is 3. The molecular formula is C23H29N5O3.